The number of halogens is 4. The lowest BCUT2D eigenvalue weighted by molar-refractivity contribution is -0.275. The van der Waals surface area contributed by atoms with Gasteiger partial charge in [-0.2, -0.15) is 0 Å². The van der Waals surface area contributed by atoms with Crippen LogP contribution in [-0.4, -0.2) is 36.4 Å². The van der Waals surface area contributed by atoms with Gasteiger partial charge in [0.25, 0.3) is 0 Å². The van der Waals surface area contributed by atoms with Gasteiger partial charge in [0.2, 0.25) is 5.91 Å². The van der Waals surface area contributed by atoms with Crippen LogP contribution in [0, 0.1) is 17.7 Å². The second-order valence-electron chi connectivity index (χ2n) is 7.75. The van der Waals surface area contributed by atoms with Crippen molar-refractivity contribution >= 4 is 17.6 Å². The first-order valence-corrected chi connectivity index (χ1v) is 11.8. The molecule has 0 aromatic heterocycles. The molecule has 3 rings (SSSR count). The number of rotatable bonds is 6. The second kappa shape index (κ2) is 17.1. The lowest BCUT2D eigenvalue weighted by Gasteiger charge is -2.22. The van der Waals surface area contributed by atoms with Crippen molar-refractivity contribution in [3.8, 4) is 5.75 Å². The predicted octanol–water partition coefficient (Wildman–Crippen LogP) is 6.37. The van der Waals surface area contributed by atoms with E-state index in [-0.39, 0.29) is 23.4 Å². The van der Waals surface area contributed by atoms with E-state index in [2.05, 4.69) is 29.2 Å². The molecule has 196 valence electrons. The summed E-state index contributed by atoms with van der Waals surface area (Å²) in [5, 5.41) is 13.7. The molecule has 0 atom stereocenters. The number of carboxylic acid groups (broad SMARTS) is 1. The van der Waals surface area contributed by atoms with Gasteiger partial charge in [-0.3, -0.25) is 9.59 Å². The summed E-state index contributed by atoms with van der Waals surface area (Å²) in [4.78, 5) is 21.6. The van der Waals surface area contributed by atoms with E-state index < -0.39 is 23.9 Å². The van der Waals surface area contributed by atoms with E-state index in [1.807, 2.05) is 13.8 Å². The zero-order valence-electron chi connectivity index (χ0n) is 20.4. The van der Waals surface area contributed by atoms with E-state index in [1.54, 1.807) is 0 Å². The van der Waals surface area contributed by atoms with Crippen molar-refractivity contribution in [1.82, 2.24) is 5.32 Å². The Balaban J connectivity index is 0.000000747. The normalized spacial score (nSPS) is 15.3. The van der Waals surface area contributed by atoms with Crippen LogP contribution in [0.15, 0.2) is 18.2 Å². The Morgan fingerprint density at radius 3 is 2.03 bits per heavy atom. The number of nitrogens with one attached hydrogen (secondary N) is 2. The first-order valence-electron chi connectivity index (χ1n) is 11.8. The fourth-order valence-corrected chi connectivity index (χ4v) is 2.68. The highest BCUT2D eigenvalue weighted by Crippen LogP contribution is 2.28. The number of hydrogen-bond donors (Lipinski definition) is 3. The minimum Gasteiger partial charge on any atom is -0.481 e. The molecule has 0 spiro atoms. The highest BCUT2D eigenvalue weighted by molar-refractivity contribution is 5.90. The van der Waals surface area contributed by atoms with Crippen LogP contribution in [0.2, 0.25) is 0 Å². The van der Waals surface area contributed by atoms with E-state index in [9.17, 15) is 27.2 Å². The minimum atomic E-state index is -4.96. The summed E-state index contributed by atoms with van der Waals surface area (Å²) in [5.41, 5.74) is 0.103. The van der Waals surface area contributed by atoms with Crippen LogP contribution < -0.4 is 15.4 Å². The number of carbonyl (C=O) groups excluding carboxylic acids is 1. The molecular weight excluding hydrogens is 456 g/mol. The summed E-state index contributed by atoms with van der Waals surface area (Å²) >= 11 is 0. The number of alkyl halides is 3. The zero-order valence-corrected chi connectivity index (χ0v) is 20.4. The number of aliphatic carboxylic acids is 1. The van der Waals surface area contributed by atoms with Gasteiger partial charge in [-0.05, 0) is 56.8 Å². The van der Waals surface area contributed by atoms with Crippen LogP contribution in [-0.2, 0) is 9.59 Å². The summed E-state index contributed by atoms with van der Waals surface area (Å²) in [6.07, 6.45) is 1.57. The Labute approximate surface area is 199 Å². The van der Waals surface area contributed by atoms with Gasteiger partial charge in [-0.1, -0.05) is 40.5 Å². The van der Waals surface area contributed by atoms with Crippen molar-refractivity contribution in [2.24, 2.45) is 11.8 Å². The molecule has 1 aliphatic carbocycles. The zero-order chi connectivity index (χ0) is 26.1. The summed E-state index contributed by atoms with van der Waals surface area (Å²) < 4.78 is 53.1. The average Bonchev–Trinajstić information content (AvgIpc) is 3.63. The lowest BCUT2D eigenvalue weighted by Crippen LogP contribution is -2.30. The number of anilines is 1. The Morgan fingerprint density at radius 2 is 1.65 bits per heavy atom. The van der Waals surface area contributed by atoms with Crippen LogP contribution in [0.1, 0.15) is 72.6 Å². The SMILES string of the molecule is CC.CCCC.O=C(CC1CCNCC1)Nc1ccc(OC(F)(F)F)c(F)c1.O=C(O)C1CC1. The molecular formula is C24H38F4N2O4. The molecule has 0 radical (unpaired) electrons. The molecule has 1 saturated carbocycles. The number of unbranched alkanes of at least 4 members (excludes halogenated alkanes) is 1. The predicted molar refractivity (Wildman–Crippen MR) is 124 cm³/mol. The number of carbonyl (C=O) groups is 2. The summed E-state index contributed by atoms with van der Waals surface area (Å²) in [6, 6.07) is 2.81. The largest absolute Gasteiger partial charge is 0.573 e. The van der Waals surface area contributed by atoms with Gasteiger partial charge in [0.05, 0.1) is 5.92 Å². The van der Waals surface area contributed by atoms with Gasteiger partial charge in [-0.15, -0.1) is 13.2 Å². The van der Waals surface area contributed by atoms with E-state index in [4.69, 9.17) is 5.11 Å². The Bertz CT molecular complexity index is 717. The lowest BCUT2D eigenvalue weighted by atomic mass is 9.94. The van der Waals surface area contributed by atoms with E-state index in [1.165, 1.54) is 18.9 Å². The summed E-state index contributed by atoms with van der Waals surface area (Å²) in [7, 11) is 0. The standard InChI is InChI=1S/C14H16F4N2O2.C4H6O2.C4H10.C2H6/c15-11-8-10(1-2-12(11)22-14(16,17)18)20-13(21)7-9-3-5-19-6-4-9;5-4(6)3-1-2-3;1-3-4-2;1-2/h1-2,8-9,19H,3-7H2,(H,20,21);3H,1-2H2,(H,5,6);3-4H2,1-2H3;1-2H3. The van der Waals surface area contributed by atoms with Gasteiger partial charge in [0, 0.05) is 18.2 Å². The van der Waals surface area contributed by atoms with Crippen LogP contribution in [0.25, 0.3) is 0 Å². The number of carboxylic acids is 1. The van der Waals surface area contributed by atoms with E-state index in [0.29, 0.717) is 6.42 Å². The smallest absolute Gasteiger partial charge is 0.481 e. The molecule has 2 aliphatic rings. The maximum atomic E-state index is 13.5. The monoisotopic (exact) mass is 494 g/mol. The van der Waals surface area contributed by atoms with Gasteiger partial charge in [0.1, 0.15) is 0 Å². The molecule has 10 heteroatoms. The molecule has 2 fully saturated rings. The third kappa shape index (κ3) is 15.5. The molecule has 1 aromatic rings. The Hall–Kier alpha value is -2.36. The quantitative estimate of drug-likeness (QED) is 0.400. The van der Waals surface area contributed by atoms with E-state index in [0.717, 1.165) is 50.9 Å². The first kappa shape index (κ1) is 31.6. The number of ether oxygens (including phenoxy) is 1. The van der Waals surface area contributed by atoms with Crippen molar-refractivity contribution in [2.75, 3.05) is 18.4 Å². The van der Waals surface area contributed by atoms with Crippen LogP contribution in [0.4, 0.5) is 23.2 Å². The molecule has 0 bridgehead atoms. The van der Waals surface area contributed by atoms with Crippen molar-refractivity contribution in [3.05, 3.63) is 24.0 Å². The third-order valence-corrected chi connectivity index (χ3v) is 4.80. The minimum absolute atomic E-state index is 0.0185. The van der Waals surface area contributed by atoms with E-state index >= 15 is 0 Å². The van der Waals surface area contributed by atoms with Crippen molar-refractivity contribution < 1.29 is 37.0 Å². The van der Waals surface area contributed by atoms with Gasteiger partial charge in [0.15, 0.2) is 11.6 Å². The molecule has 0 unspecified atom stereocenters. The highest BCUT2D eigenvalue weighted by Gasteiger charge is 2.32. The Kier molecular flexibility index (Phi) is 15.9. The third-order valence-electron chi connectivity index (χ3n) is 4.80. The number of amides is 1. The molecule has 1 heterocycles. The van der Waals surface area contributed by atoms with Crippen molar-refractivity contribution in [2.45, 2.75) is 79.0 Å². The Morgan fingerprint density at radius 1 is 1.09 bits per heavy atom. The molecule has 1 aliphatic heterocycles. The fraction of sp³-hybridized carbons (Fsp3) is 0.667. The van der Waals surface area contributed by atoms with Crippen molar-refractivity contribution in [1.29, 1.82) is 0 Å². The molecule has 6 nitrogen and oxygen atoms in total. The topological polar surface area (TPSA) is 87.7 Å². The highest BCUT2D eigenvalue weighted by atomic mass is 19.4. The number of hydrogen-bond acceptors (Lipinski definition) is 4. The fourth-order valence-electron chi connectivity index (χ4n) is 2.68. The van der Waals surface area contributed by atoms with Gasteiger partial charge in [-0.25, -0.2) is 4.39 Å². The van der Waals surface area contributed by atoms with Crippen LogP contribution >= 0.6 is 0 Å². The maximum Gasteiger partial charge on any atom is 0.573 e. The summed E-state index contributed by atoms with van der Waals surface area (Å²) in [6.45, 7) is 10.1. The van der Waals surface area contributed by atoms with Crippen molar-refractivity contribution in [3.63, 3.8) is 0 Å². The van der Waals surface area contributed by atoms with Crippen LogP contribution in [0.3, 0.4) is 0 Å². The second-order valence-corrected chi connectivity index (χ2v) is 7.75. The van der Waals surface area contributed by atoms with Gasteiger partial charge < -0.3 is 20.5 Å². The molecule has 1 saturated heterocycles. The number of piperidine rings is 1. The first-order chi connectivity index (χ1) is 16.1. The summed E-state index contributed by atoms with van der Waals surface area (Å²) in [5.74, 6) is -2.74. The molecule has 1 aromatic carbocycles. The number of benzene rings is 1. The van der Waals surface area contributed by atoms with Crippen LogP contribution in [0.5, 0.6) is 5.75 Å². The average molecular weight is 495 g/mol. The molecule has 3 N–H and O–H groups in total. The molecule has 34 heavy (non-hydrogen) atoms. The molecule has 1 amide bonds. The van der Waals surface area contributed by atoms with Gasteiger partial charge >= 0.3 is 12.3 Å². The maximum absolute atomic E-state index is 13.5.